The van der Waals surface area contributed by atoms with Gasteiger partial charge in [0.1, 0.15) is 0 Å². The summed E-state index contributed by atoms with van der Waals surface area (Å²) in [5, 5.41) is 5.38. The first-order valence-corrected chi connectivity index (χ1v) is 8.54. The van der Waals surface area contributed by atoms with Gasteiger partial charge in [-0.3, -0.25) is 0 Å². The zero-order valence-electron chi connectivity index (χ0n) is 15.1. The number of nitrogens with one attached hydrogen (secondary N) is 2. The maximum atomic E-state index is 12.5. The Morgan fingerprint density at radius 2 is 1.85 bits per heavy atom. The summed E-state index contributed by atoms with van der Waals surface area (Å²) in [5.74, 6) is 0.470. The average molecular weight is 381 g/mol. The summed E-state index contributed by atoms with van der Waals surface area (Å²) in [4.78, 5) is 16.0. The molecule has 0 bridgehead atoms. The Hall–Kier alpha value is -2.77. The fourth-order valence-electron chi connectivity index (χ4n) is 2.31. The van der Waals surface area contributed by atoms with Gasteiger partial charge in [0.25, 0.3) is 0 Å². The maximum Gasteiger partial charge on any atom is 0.416 e. The van der Waals surface area contributed by atoms with Crippen molar-refractivity contribution in [3.05, 3.63) is 59.3 Å². The molecule has 1 aromatic heterocycles. The molecule has 1 aromatic carbocycles. The van der Waals surface area contributed by atoms with Crippen LogP contribution in [0.2, 0.25) is 0 Å². The van der Waals surface area contributed by atoms with Crippen molar-refractivity contribution in [1.29, 1.82) is 0 Å². The number of halogens is 3. The highest BCUT2D eigenvalue weighted by molar-refractivity contribution is 5.73. The number of carbonyl (C=O) groups is 1. The highest BCUT2D eigenvalue weighted by Gasteiger charge is 2.29. The van der Waals surface area contributed by atoms with E-state index in [2.05, 4.69) is 15.6 Å². The molecular weight excluding hydrogens is 359 g/mol. The molecule has 0 unspecified atom stereocenters. The van der Waals surface area contributed by atoms with E-state index in [1.54, 1.807) is 12.3 Å². The van der Waals surface area contributed by atoms with Crippen LogP contribution >= 0.6 is 0 Å². The standard InChI is InChI=1S/C19H22F3N3O2/c1-13(2)27-17-15(4-3-10-23-17)12-25-18(26)24-11-9-14-5-7-16(8-6-14)19(20,21)22/h3-8,10,13H,9,11-12H2,1-2H3,(H2,24,25,26). The van der Waals surface area contributed by atoms with Gasteiger partial charge in [-0.25, -0.2) is 9.78 Å². The van der Waals surface area contributed by atoms with Crippen molar-refractivity contribution in [3.63, 3.8) is 0 Å². The highest BCUT2D eigenvalue weighted by atomic mass is 19.4. The number of pyridine rings is 1. The van der Waals surface area contributed by atoms with E-state index >= 15 is 0 Å². The molecule has 0 spiro atoms. The molecule has 0 atom stereocenters. The van der Waals surface area contributed by atoms with Gasteiger partial charge in [0.2, 0.25) is 5.88 Å². The summed E-state index contributed by atoms with van der Waals surface area (Å²) < 4.78 is 43.2. The van der Waals surface area contributed by atoms with Crippen molar-refractivity contribution in [1.82, 2.24) is 15.6 Å². The van der Waals surface area contributed by atoms with E-state index in [1.165, 1.54) is 12.1 Å². The van der Waals surface area contributed by atoms with E-state index in [9.17, 15) is 18.0 Å². The van der Waals surface area contributed by atoms with E-state index in [0.29, 0.717) is 24.4 Å². The average Bonchev–Trinajstić information content (AvgIpc) is 2.60. The lowest BCUT2D eigenvalue weighted by Gasteiger charge is -2.13. The van der Waals surface area contributed by atoms with Gasteiger partial charge < -0.3 is 15.4 Å². The molecule has 27 heavy (non-hydrogen) atoms. The first kappa shape index (κ1) is 20.5. The van der Waals surface area contributed by atoms with Gasteiger partial charge in [0.15, 0.2) is 0 Å². The molecule has 0 aliphatic rings. The Morgan fingerprint density at radius 1 is 1.15 bits per heavy atom. The van der Waals surface area contributed by atoms with Gasteiger partial charge in [0, 0.05) is 24.8 Å². The van der Waals surface area contributed by atoms with Gasteiger partial charge in [-0.2, -0.15) is 13.2 Å². The summed E-state index contributed by atoms with van der Waals surface area (Å²) in [5.41, 5.74) is 0.778. The first-order valence-electron chi connectivity index (χ1n) is 8.54. The number of benzene rings is 1. The van der Waals surface area contributed by atoms with E-state index in [0.717, 1.165) is 17.7 Å². The van der Waals surface area contributed by atoms with Crippen LogP contribution in [-0.4, -0.2) is 23.7 Å². The summed E-state index contributed by atoms with van der Waals surface area (Å²) in [7, 11) is 0. The smallest absolute Gasteiger partial charge is 0.416 e. The molecule has 0 saturated carbocycles. The molecule has 8 heteroatoms. The van der Waals surface area contributed by atoms with Gasteiger partial charge in [-0.1, -0.05) is 18.2 Å². The van der Waals surface area contributed by atoms with Crippen molar-refractivity contribution in [3.8, 4) is 5.88 Å². The minimum Gasteiger partial charge on any atom is -0.475 e. The largest absolute Gasteiger partial charge is 0.475 e. The van der Waals surface area contributed by atoms with E-state index in [1.807, 2.05) is 19.9 Å². The molecule has 146 valence electrons. The monoisotopic (exact) mass is 381 g/mol. The minimum atomic E-state index is -4.35. The van der Waals surface area contributed by atoms with Crippen LogP contribution in [0.25, 0.3) is 0 Å². The van der Waals surface area contributed by atoms with Crippen LogP contribution in [0.3, 0.4) is 0 Å². The van der Waals surface area contributed by atoms with E-state index in [4.69, 9.17) is 4.74 Å². The summed E-state index contributed by atoms with van der Waals surface area (Å²) >= 11 is 0. The fourth-order valence-corrected chi connectivity index (χ4v) is 2.31. The first-order chi connectivity index (χ1) is 12.8. The molecule has 2 N–H and O–H groups in total. The topological polar surface area (TPSA) is 63.2 Å². The Bertz CT molecular complexity index is 747. The number of urea groups is 1. The normalized spacial score (nSPS) is 11.3. The Morgan fingerprint density at radius 3 is 2.48 bits per heavy atom. The predicted molar refractivity (Wildman–Crippen MR) is 95.4 cm³/mol. The van der Waals surface area contributed by atoms with Crippen molar-refractivity contribution in [2.75, 3.05) is 6.54 Å². The fraction of sp³-hybridized carbons (Fsp3) is 0.368. The molecule has 2 rings (SSSR count). The van der Waals surface area contributed by atoms with Crippen molar-refractivity contribution in [2.45, 2.75) is 39.1 Å². The second kappa shape index (κ2) is 9.25. The lowest BCUT2D eigenvalue weighted by Crippen LogP contribution is -2.36. The number of carbonyl (C=O) groups excluding carboxylic acids is 1. The van der Waals surface area contributed by atoms with Crippen LogP contribution in [0.4, 0.5) is 18.0 Å². The number of ether oxygens (including phenoxy) is 1. The third-order valence-electron chi connectivity index (χ3n) is 3.62. The van der Waals surface area contributed by atoms with Crippen LogP contribution < -0.4 is 15.4 Å². The Kier molecular flexibility index (Phi) is 7.04. The second-order valence-electron chi connectivity index (χ2n) is 6.19. The van der Waals surface area contributed by atoms with E-state index in [-0.39, 0.29) is 18.7 Å². The molecule has 0 fully saturated rings. The lowest BCUT2D eigenvalue weighted by molar-refractivity contribution is -0.137. The number of alkyl halides is 3. The molecule has 2 amide bonds. The quantitative estimate of drug-likeness (QED) is 0.764. The SMILES string of the molecule is CC(C)Oc1ncccc1CNC(=O)NCCc1ccc(C(F)(F)F)cc1. The molecule has 0 aliphatic carbocycles. The van der Waals surface area contributed by atoms with Crippen molar-refractivity contribution >= 4 is 6.03 Å². The molecular formula is C19H22F3N3O2. The van der Waals surface area contributed by atoms with E-state index < -0.39 is 11.7 Å². The molecule has 1 heterocycles. The zero-order chi connectivity index (χ0) is 19.9. The van der Waals surface area contributed by atoms with Crippen LogP contribution in [0.5, 0.6) is 5.88 Å². The third kappa shape index (κ3) is 6.80. The Labute approximate surface area is 155 Å². The number of hydrogen-bond acceptors (Lipinski definition) is 3. The number of amides is 2. The van der Waals surface area contributed by atoms with Crippen LogP contribution in [-0.2, 0) is 19.1 Å². The molecule has 5 nitrogen and oxygen atoms in total. The molecule has 0 aliphatic heterocycles. The Balaban J connectivity index is 1.77. The van der Waals surface area contributed by atoms with Crippen molar-refractivity contribution in [2.24, 2.45) is 0 Å². The van der Waals surface area contributed by atoms with Crippen LogP contribution in [0.1, 0.15) is 30.5 Å². The molecule has 0 saturated heterocycles. The number of nitrogens with zero attached hydrogens (tertiary/aromatic N) is 1. The zero-order valence-corrected chi connectivity index (χ0v) is 15.1. The van der Waals surface area contributed by atoms with Gasteiger partial charge in [-0.15, -0.1) is 0 Å². The number of hydrogen-bond donors (Lipinski definition) is 2. The summed E-state index contributed by atoms with van der Waals surface area (Å²) in [6.07, 6.45) is -2.33. The van der Waals surface area contributed by atoms with Crippen molar-refractivity contribution < 1.29 is 22.7 Å². The molecule has 0 radical (unpaired) electrons. The number of rotatable bonds is 7. The predicted octanol–water partition coefficient (Wildman–Crippen LogP) is 3.93. The number of aromatic nitrogens is 1. The van der Waals surface area contributed by atoms with Gasteiger partial charge in [0.05, 0.1) is 11.7 Å². The second-order valence-corrected chi connectivity index (χ2v) is 6.19. The molecule has 2 aromatic rings. The third-order valence-corrected chi connectivity index (χ3v) is 3.62. The van der Waals surface area contributed by atoms with Gasteiger partial charge in [-0.05, 0) is 44.0 Å². The minimum absolute atomic E-state index is 0.0313. The van der Waals surface area contributed by atoms with Crippen LogP contribution in [0, 0.1) is 0 Å². The maximum absolute atomic E-state index is 12.5. The van der Waals surface area contributed by atoms with Crippen LogP contribution in [0.15, 0.2) is 42.6 Å². The summed E-state index contributed by atoms with van der Waals surface area (Å²) in [6, 6.07) is 8.09. The van der Waals surface area contributed by atoms with Gasteiger partial charge >= 0.3 is 12.2 Å². The summed E-state index contributed by atoms with van der Waals surface area (Å²) in [6.45, 7) is 4.33. The highest BCUT2D eigenvalue weighted by Crippen LogP contribution is 2.29. The lowest BCUT2D eigenvalue weighted by atomic mass is 10.1.